The lowest BCUT2D eigenvalue weighted by molar-refractivity contribution is 0.128. The van der Waals surface area contributed by atoms with E-state index in [0.29, 0.717) is 0 Å². The Hall–Kier alpha value is 0.0400. The van der Waals surface area contributed by atoms with E-state index in [2.05, 4.69) is 13.6 Å². The van der Waals surface area contributed by atoms with Crippen LogP contribution in [-0.2, 0) is 18.1 Å². The summed E-state index contributed by atoms with van der Waals surface area (Å²) in [5, 5.41) is 0. The molecule has 9 heavy (non-hydrogen) atoms. The third-order valence-electron chi connectivity index (χ3n) is 0.789. The van der Waals surface area contributed by atoms with E-state index in [9.17, 15) is 8.96 Å². The molecule has 0 aromatic carbocycles. The van der Waals surface area contributed by atoms with Crippen LogP contribution in [0.4, 0.5) is 4.39 Å². The molecular formula is C3H6FO4P. The summed E-state index contributed by atoms with van der Waals surface area (Å²) in [6, 6.07) is 0. The highest BCUT2D eigenvalue weighted by atomic mass is 31.2. The van der Waals surface area contributed by atoms with Gasteiger partial charge in [-0.2, -0.15) is 0 Å². The van der Waals surface area contributed by atoms with E-state index in [1.165, 1.54) is 0 Å². The van der Waals surface area contributed by atoms with Crippen molar-refractivity contribution in [1.29, 1.82) is 0 Å². The highest BCUT2D eigenvalue weighted by Gasteiger charge is 2.31. The Morgan fingerprint density at radius 3 is 2.56 bits per heavy atom. The van der Waals surface area contributed by atoms with Crippen LogP contribution >= 0.6 is 7.82 Å². The summed E-state index contributed by atoms with van der Waals surface area (Å²) in [5.41, 5.74) is 0. The highest BCUT2D eigenvalue weighted by Crippen LogP contribution is 2.52. The molecule has 0 aromatic heterocycles. The summed E-state index contributed by atoms with van der Waals surface area (Å²) in [7, 11) is -3.45. The van der Waals surface area contributed by atoms with Crippen LogP contribution in [-0.4, -0.2) is 20.1 Å². The Balaban J connectivity index is 2.42. The Bertz CT molecular complexity index is 128. The predicted molar refractivity (Wildman–Crippen MR) is 26.6 cm³/mol. The third kappa shape index (κ3) is 1.72. The van der Waals surface area contributed by atoms with Gasteiger partial charge < -0.3 is 0 Å². The van der Waals surface area contributed by atoms with Gasteiger partial charge in [-0.05, 0) is 0 Å². The molecule has 0 radical (unpaired) electrons. The molecule has 1 aliphatic heterocycles. The van der Waals surface area contributed by atoms with Crippen LogP contribution < -0.4 is 0 Å². The molecule has 1 saturated heterocycles. The molecule has 0 saturated carbocycles. The molecule has 1 fully saturated rings. The first-order valence-electron chi connectivity index (χ1n) is 2.36. The molecule has 54 valence electrons. The molecule has 1 aliphatic rings. The van der Waals surface area contributed by atoms with E-state index in [-0.39, 0.29) is 13.2 Å². The molecule has 0 bridgehead atoms. The molecule has 0 amide bonds. The Kier molecular flexibility index (Phi) is 2.18. The quantitative estimate of drug-likeness (QED) is 0.561. The number of phosphoric acid groups is 1. The van der Waals surface area contributed by atoms with Gasteiger partial charge in [0.15, 0.2) is 6.86 Å². The van der Waals surface area contributed by atoms with Crippen LogP contribution in [0, 0.1) is 0 Å². The minimum Gasteiger partial charge on any atom is -0.284 e. The summed E-state index contributed by atoms with van der Waals surface area (Å²) in [5.74, 6) is 0. The van der Waals surface area contributed by atoms with Crippen LogP contribution in [0.15, 0.2) is 0 Å². The summed E-state index contributed by atoms with van der Waals surface area (Å²) in [6.07, 6.45) is 0. The Morgan fingerprint density at radius 1 is 1.56 bits per heavy atom. The van der Waals surface area contributed by atoms with Crippen molar-refractivity contribution < 1.29 is 22.5 Å². The minimum atomic E-state index is -3.45. The van der Waals surface area contributed by atoms with Crippen molar-refractivity contribution in [2.45, 2.75) is 0 Å². The molecule has 0 N–H and O–H groups in total. The highest BCUT2D eigenvalue weighted by molar-refractivity contribution is 7.48. The van der Waals surface area contributed by atoms with Crippen molar-refractivity contribution in [2.24, 2.45) is 0 Å². The second-order valence-corrected chi connectivity index (χ2v) is 3.02. The lowest BCUT2D eigenvalue weighted by atomic mass is 10.8. The first-order valence-corrected chi connectivity index (χ1v) is 3.82. The van der Waals surface area contributed by atoms with Crippen molar-refractivity contribution in [3.05, 3.63) is 0 Å². The van der Waals surface area contributed by atoms with Gasteiger partial charge in [-0.15, -0.1) is 0 Å². The van der Waals surface area contributed by atoms with Crippen molar-refractivity contribution >= 4 is 7.82 Å². The fourth-order valence-electron chi connectivity index (χ4n) is 0.470. The van der Waals surface area contributed by atoms with Crippen LogP contribution in [0.2, 0.25) is 0 Å². The molecular weight excluding hydrogens is 150 g/mol. The van der Waals surface area contributed by atoms with Gasteiger partial charge in [0.2, 0.25) is 0 Å². The van der Waals surface area contributed by atoms with Crippen molar-refractivity contribution in [3.63, 3.8) is 0 Å². The Labute approximate surface area is 51.5 Å². The van der Waals surface area contributed by atoms with Gasteiger partial charge in [0.1, 0.15) is 0 Å². The van der Waals surface area contributed by atoms with Crippen LogP contribution in [0.1, 0.15) is 0 Å². The van der Waals surface area contributed by atoms with Crippen molar-refractivity contribution in [1.82, 2.24) is 0 Å². The molecule has 0 atom stereocenters. The second kappa shape index (κ2) is 2.75. The van der Waals surface area contributed by atoms with Crippen LogP contribution in [0.3, 0.4) is 0 Å². The van der Waals surface area contributed by atoms with E-state index in [4.69, 9.17) is 0 Å². The molecule has 4 nitrogen and oxygen atoms in total. The topological polar surface area (TPSA) is 44.8 Å². The molecule has 0 aromatic rings. The second-order valence-electron chi connectivity index (χ2n) is 1.35. The molecule has 1 rings (SSSR count). The number of alkyl halides is 1. The van der Waals surface area contributed by atoms with Crippen LogP contribution in [0.25, 0.3) is 0 Å². The molecule has 1 heterocycles. The zero-order valence-electron chi connectivity index (χ0n) is 4.58. The van der Waals surface area contributed by atoms with Gasteiger partial charge in [0.25, 0.3) is 0 Å². The molecule has 0 spiro atoms. The summed E-state index contributed by atoms with van der Waals surface area (Å²) >= 11 is 0. The number of halogens is 1. The van der Waals surface area contributed by atoms with E-state index >= 15 is 0 Å². The number of hydrogen-bond donors (Lipinski definition) is 0. The van der Waals surface area contributed by atoms with Crippen LogP contribution in [0.5, 0.6) is 0 Å². The standard InChI is InChI=1S/C3H6FO4P/c4-3-8-9(5)6-1-2-7-9/h1-3H2. The minimum absolute atomic E-state index is 0.206. The average Bonchev–Trinajstić information content (AvgIpc) is 2.16. The first kappa shape index (κ1) is 7.15. The van der Waals surface area contributed by atoms with Gasteiger partial charge in [-0.25, -0.2) is 8.96 Å². The van der Waals surface area contributed by atoms with Gasteiger partial charge in [-0.1, -0.05) is 0 Å². The predicted octanol–water partition coefficient (Wildman–Crippen LogP) is 1.08. The van der Waals surface area contributed by atoms with Gasteiger partial charge in [0, 0.05) is 0 Å². The normalized spacial score (nSPS) is 24.6. The maximum Gasteiger partial charge on any atom is 0.477 e. The smallest absolute Gasteiger partial charge is 0.284 e. The summed E-state index contributed by atoms with van der Waals surface area (Å²) < 4.78 is 35.0. The average molecular weight is 156 g/mol. The SMILES string of the molecule is O=P1(OCF)OCCO1. The third-order valence-corrected chi connectivity index (χ3v) is 2.20. The molecule has 6 heteroatoms. The van der Waals surface area contributed by atoms with E-state index < -0.39 is 14.7 Å². The fourth-order valence-corrected chi connectivity index (χ4v) is 1.41. The summed E-state index contributed by atoms with van der Waals surface area (Å²) in [6.45, 7) is -0.730. The Morgan fingerprint density at radius 2 is 2.11 bits per heavy atom. The number of phosphoric ester groups is 1. The maximum atomic E-state index is 11.3. The lowest BCUT2D eigenvalue weighted by Gasteiger charge is -2.04. The molecule has 0 unspecified atom stereocenters. The van der Waals surface area contributed by atoms with Gasteiger partial charge in [0.05, 0.1) is 13.2 Å². The largest absolute Gasteiger partial charge is 0.477 e. The first-order chi connectivity index (χ1) is 4.27. The van der Waals surface area contributed by atoms with E-state index in [1.807, 2.05) is 0 Å². The maximum absolute atomic E-state index is 11.3. The zero-order chi connectivity index (χ0) is 6.74. The number of rotatable bonds is 2. The van der Waals surface area contributed by atoms with E-state index in [1.54, 1.807) is 0 Å². The monoisotopic (exact) mass is 156 g/mol. The van der Waals surface area contributed by atoms with Gasteiger partial charge in [-0.3, -0.25) is 13.6 Å². The fraction of sp³-hybridized carbons (Fsp3) is 1.00. The lowest BCUT2D eigenvalue weighted by Crippen LogP contribution is -1.86. The summed E-state index contributed by atoms with van der Waals surface area (Å²) in [4.78, 5) is 0. The van der Waals surface area contributed by atoms with Gasteiger partial charge >= 0.3 is 7.82 Å². The van der Waals surface area contributed by atoms with Crippen molar-refractivity contribution in [2.75, 3.05) is 20.1 Å². The molecule has 0 aliphatic carbocycles. The van der Waals surface area contributed by atoms with Crippen molar-refractivity contribution in [3.8, 4) is 0 Å². The zero-order valence-corrected chi connectivity index (χ0v) is 5.47. The number of hydrogen-bond acceptors (Lipinski definition) is 4. The van der Waals surface area contributed by atoms with E-state index in [0.717, 1.165) is 0 Å².